The largest absolute Gasteiger partial charge is 0.311 e. The maximum atomic E-state index is 12.9. The Morgan fingerprint density at radius 1 is 1.28 bits per heavy atom. The Hall–Kier alpha value is -2.32. The lowest BCUT2D eigenvalue weighted by Crippen LogP contribution is -2.35. The highest BCUT2D eigenvalue weighted by Gasteiger charge is 2.29. The normalized spacial score (nSPS) is 16.2. The number of carbonyl (C=O) groups excluding carboxylic acids is 1. The summed E-state index contributed by atoms with van der Waals surface area (Å²) in [7, 11) is 0. The number of anilines is 1. The molecule has 0 fully saturated rings. The summed E-state index contributed by atoms with van der Waals surface area (Å²) in [5.41, 5.74) is 5.11. The monoisotopic (exact) mass is 349 g/mol. The number of hydrogen-bond acceptors (Lipinski definition) is 4. The topological polar surface area (TPSA) is 57.0 Å². The molecular formula is C20H19N3OS. The standard InChI is InChI=1S/C20H19N3OS/c1-13(20(24)23-10-9-14-5-2-3-8-18(14)23)25-19-16(12-21)11-15-6-4-7-17(15)22-19/h2-3,5,8,11,13H,4,6-7,9-10H2,1H3. The third-order valence-corrected chi connectivity index (χ3v) is 6.02. The van der Waals surface area contributed by atoms with Crippen LogP contribution in [0.5, 0.6) is 0 Å². The van der Waals surface area contributed by atoms with Crippen LogP contribution in [0.25, 0.3) is 0 Å². The quantitative estimate of drug-likeness (QED) is 0.796. The number of nitriles is 1. The number of hydrogen-bond donors (Lipinski definition) is 0. The fourth-order valence-corrected chi connectivity index (χ4v) is 4.58. The summed E-state index contributed by atoms with van der Waals surface area (Å²) < 4.78 is 0. The first-order valence-electron chi connectivity index (χ1n) is 8.66. The lowest BCUT2D eigenvalue weighted by atomic mass is 10.2. The number of amides is 1. The van der Waals surface area contributed by atoms with Crippen LogP contribution in [-0.4, -0.2) is 22.7 Å². The van der Waals surface area contributed by atoms with Crippen LogP contribution in [-0.2, 0) is 24.1 Å². The van der Waals surface area contributed by atoms with Crippen molar-refractivity contribution in [2.45, 2.75) is 42.9 Å². The van der Waals surface area contributed by atoms with Crippen molar-refractivity contribution in [1.29, 1.82) is 5.26 Å². The minimum Gasteiger partial charge on any atom is -0.311 e. The average Bonchev–Trinajstić information content (AvgIpc) is 3.26. The summed E-state index contributed by atoms with van der Waals surface area (Å²) in [6.07, 6.45) is 3.97. The van der Waals surface area contributed by atoms with Gasteiger partial charge < -0.3 is 4.90 Å². The summed E-state index contributed by atoms with van der Waals surface area (Å²) >= 11 is 1.41. The number of para-hydroxylation sites is 1. The predicted octanol–water partition coefficient (Wildman–Crippen LogP) is 3.51. The lowest BCUT2D eigenvalue weighted by Gasteiger charge is -2.21. The van der Waals surface area contributed by atoms with Crippen molar-refractivity contribution >= 4 is 23.4 Å². The Balaban J connectivity index is 1.56. The minimum atomic E-state index is -0.273. The zero-order valence-corrected chi connectivity index (χ0v) is 15.0. The van der Waals surface area contributed by atoms with Crippen molar-refractivity contribution in [3.05, 3.63) is 52.7 Å². The van der Waals surface area contributed by atoms with E-state index in [0.717, 1.165) is 43.6 Å². The van der Waals surface area contributed by atoms with Crippen LogP contribution in [0.3, 0.4) is 0 Å². The highest BCUT2D eigenvalue weighted by Crippen LogP contribution is 2.33. The van der Waals surface area contributed by atoms with Gasteiger partial charge in [0, 0.05) is 17.9 Å². The Bertz CT molecular complexity index is 887. The first kappa shape index (κ1) is 16.2. The number of thioether (sulfide) groups is 1. The molecule has 1 amide bonds. The van der Waals surface area contributed by atoms with Crippen LogP contribution in [0.2, 0.25) is 0 Å². The number of carbonyl (C=O) groups is 1. The second-order valence-electron chi connectivity index (χ2n) is 6.54. The Labute approximate surface area is 151 Å². The van der Waals surface area contributed by atoms with Crippen LogP contribution in [0, 0.1) is 11.3 Å². The second kappa shape index (κ2) is 6.53. The van der Waals surface area contributed by atoms with Crippen LogP contribution in [0.1, 0.15) is 35.7 Å². The number of aromatic nitrogens is 1. The van der Waals surface area contributed by atoms with E-state index in [1.807, 2.05) is 36.1 Å². The molecule has 1 unspecified atom stereocenters. The smallest absolute Gasteiger partial charge is 0.240 e. The van der Waals surface area contributed by atoms with Gasteiger partial charge >= 0.3 is 0 Å². The third-order valence-electron chi connectivity index (χ3n) is 4.93. The predicted molar refractivity (Wildman–Crippen MR) is 98.8 cm³/mol. The molecule has 4 nitrogen and oxygen atoms in total. The zero-order chi connectivity index (χ0) is 17.4. The summed E-state index contributed by atoms with van der Waals surface area (Å²) in [6.45, 7) is 2.63. The Morgan fingerprint density at radius 2 is 2.12 bits per heavy atom. The van der Waals surface area contributed by atoms with E-state index in [1.54, 1.807) is 0 Å². The molecule has 0 N–H and O–H groups in total. The molecule has 2 aliphatic rings. The number of rotatable bonds is 3. The number of aryl methyl sites for hydroxylation is 2. The summed E-state index contributed by atoms with van der Waals surface area (Å²) in [5.74, 6) is 0.0844. The SMILES string of the molecule is CC(Sc1nc2c(cc1C#N)CCC2)C(=O)N1CCc2ccccc21. The van der Waals surface area contributed by atoms with E-state index < -0.39 is 0 Å². The van der Waals surface area contributed by atoms with Crippen molar-refractivity contribution in [2.24, 2.45) is 0 Å². The van der Waals surface area contributed by atoms with Gasteiger partial charge in [-0.15, -0.1) is 0 Å². The van der Waals surface area contributed by atoms with Gasteiger partial charge in [-0.1, -0.05) is 30.0 Å². The molecule has 0 saturated heterocycles. The molecule has 1 aliphatic carbocycles. The van der Waals surface area contributed by atoms with Crippen molar-refractivity contribution in [1.82, 2.24) is 4.98 Å². The van der Waals surface area contributed by atoms with Crippen molar-refractivity contribution in [2.75, 3.05) is 11.4 Å². The average molecular weight is 349 g/mol. The molecule has 0 bridgehead atoms. The summed E-state index contributed by atoms with van der Waals surface area (Å²) in [4.78, 5) is 19.5. The molecule has 1 aromatic carbocycles. The van der Waals surface area contributed by atoms with Gasteiger partial charge in [0.25, 0.3) is 0 Å². The van der Waals surface area contributed by atoms with Crippen LogP contribution in [0.15, 0.2) is 35.4 Å². The van der Waals surface area contributed by atoms with E-state index in [-0.39, 0.29) is 11.2 Å². The maximum absolute atomic E-state index is 12.9. The fraction of sp³-hybridized carbons (Fsp3) is 0.350. The van der Waals surface area contributed by atoms with Crippen molar-refractivity contribution < 1.29 is 4.79 Å². The van der Waals surface area contributed by atoms with Gasteiger partial charge in [0.2, 0.25) is 5.91 Å². The molecule has 1 aromatic heterocycles. The van der Waals surface area contributed by atoms with Gasteiger partial charge in [-0.05, 0) is 55.9 Å². The Morgan fingerprint density at radius 3 is 2.96 bits per heavy atom. The van der Waals surface area contributed by atoms with Crippen molar-refractivity contribution in [3.8, 4) is 6.07 Å². The third kappa shape index (κ3) is 2.91. The molecule has 0 spiro atoms. The summed E-state index contributed by atoms with van der Waals surface area (Å²) in [5, 5.41) is 9.86. The molecule has 4 rings (SSSR count). The van der Waals surface area contributed by atoms with E-state index in [4.69, 9.17) is 0 Å². The molecule has 25 heavy (non-hydrogen) atoms. The molecule has 2 heterocycles. The minimum absolute atomic E-state index is 0.0844. The van der Waals surface area contributed by atoms with E-state index in [9.17, 15) is 10.1 Å². The van der Waals surface area contributed by atoms with Gasteiger partial charge in [-0.3, -0.25) is 4.79 Å². The molecule has 2 aromatic rings. The van der Waals surface area contributed by atoms with Crippen LogP contribution >= 0.6 is 11.8 Å². The van der Waals surface area contributed by atoms with E-state index in [2.05, 4.69) is 17.1 Å². The number of fused-ring (bicyclic) bond motifs is 2. The molecule has 0 saturated carbocycles. The first-order valence-corrected chi connectivity index (χ1v) is 9.54. The van der Waals surface area contributed by atoms with E-state index >= 15 is 0 Å². The summed E-state index contributed by atoms with van der Waals surface area (Å²) in [6, 6.07) is 12.3. The lowest BCUT2D eigenvalue weighted by molar-refractivity contribution is -0.117. The van der Waals surface area contributed by atoms with Gasteiger partial charge in [0.05, 0.1) is 10.8 Å². The molecule has 126 valence electrons. The van der Waals surface area contributed by atoms with Gasteiger partial charge in [-0.25, -0.2) is 4.98 Å². The molecule has 5 heteroatoms. The first-order chi connectivity index (χ1) is 12.2. The molecule has 1 aliphatic heterocycles. The van der Waals surface area contributed by atoms with Gasteiger partial charge in [-0.2, -0.15) is 5.26 Å². The highest BCUT2D eigenvalue weighted by molar-refractivity contribution is 8.00. The van der Waals surface area contributed by atoms with Gasteiger partial charge in [0.1, 0.15) is 11.1 Å². The molecular weight excluding hydrogens is 330 g/mol. The van der Waals surface area contributed by atoms with E-state index in [1.165, 1.54) is 22.9 Å². The fourth-order valence-electron chi connectivity index (χ4n) is 3.63. The Kier molecular flexibility index (Phi) is 4.22. The number of pyridine rings is 1. The van der Waals surface area contributed by atoms with Crippen molar-refractivity contribution in [3.63, 3.8) is 0 Å². The second-order valence-corrected chi connectivity index (χ2v) is 7.87. The van der Waals surface area contributed by atoms with Crippen LogP contribution in [0.4, 0.5) is 5.69 Å². The highest BCUT2D eigenvalue weighted by atomic mass is 32.2. The maximum Gasteiger partial charge on any atom is 0.240 e. The number of benzene rings is 1. The van der Waals surface area contributed by atoms with Gasteiger partial charge in [0.15, 0.2) is 0 Å². The zero-order valence-electron chi connectivity index (χ0n) is 14.2. The van der Waals surface area contributed by atoms with Crippen LogP contribution < -0.4 is 4.90 Å². The number of nitrogens with zero attached hydrogens (tertiary/aromatic N) is 3. The molecule has 0 radical (unpaired) electrons. The van der Waals surface area contributed by atoms with E-state index in [0.29, 0.717) is 10.6 Å². The molecule has 1 atom stereocenters.